The van der Waals surface area contributed by atoms with Crippen molar-refractivity contribution < 1.29 is 8.42 Å². The van der Waals surface area contributed by atoms with Gasteiger partial charge in [-0.3, -0.25) is 0 Å². The third-order valence-electron chi connectivity index (χ3n) is 3.63. The Hall–Kier alpha value is -1.14. The van der Waals surface area contributed by atoms with Crippen LogP contribution in [-0.4, -0.2) is 44.5 Å². The summed E-state index contributed by atoms with van der Waals surface area (Å²) in [6.45, 7) is 9.30. The highest BCUT2D eigenvalue weighted by atomic mass is 32.2. The molecule has 1 aromatic heterocycles. The second-order valence-corrected chi connectivity index (χ2v) is 8.45. The molecule has 0 unspecified atom stereocenters. The Morgan fingerprint density at radius 1 is 1.33 bits per heavy atom. The van der Waals surface area contributed by atoms with Gasteiger partial charge in [0.15, 0.2) is 9.84 Å². The number of nitrogens with zero attached hydrogens (tertiary/aromatic N) is 2. The van der Waals surface area contributed by atoms with E-state index in [2.05, 4.69) is 35.1 Å². The van der Waals surface area contributed by atoms with Gasteiger partial charge in [0, 0.05) is 25.8 Å². The van der Waals surface area contributed by atoms with Crippen molar-refractivity contribution >= 4 is 15.7 Å². The Kier molecular flexibility index (Phi) is 5.22. The summed E-state index contributed by atoms with van der Waals surface area (Å²) in [7, 11) is -2.84. The maximum atomic E-state index is 11.5. The molecular formula is C15H25N3O2S. The van der Waals surface area contributed by atoms with Gasteiger partial charge in [-0.1, -0.05) is 13.8 Å². The van der Waals surface area contributed by atoms with Gasteiger partial charge in [-0.05, 0) is 36.6 Å². The molecule has 1 aromatic rings. The summed E-state index contributed by atoms with van der Waals surface area (Å²) in [5.41, 5.74) is 2.28. The largest absolute Gasteiger partial charge is 0.354 e. The minimum absolute atomic E-state index is 0.228. The summed E-state index contributed by atoms with van der Waals surface area (Å²) in [5.74, 6) is 2.00. The van der Waals surface area contributed by atoms with E-state index in [0.717, 1.165) is 24.5 Å². The first-order valence-corrected chi connectivity index (χ1v) is 9.31. The van der Waals surface area contributed by atoms with Gasteiger partial charge in [-0.15, -0.1) is 0 Å². The highest BCUT2D eigenvalue weighted by Gasteiger charge is 2.23. The van der Waals surface area contributed by atoms with Crippen LogP contribution in [0.2, 0.25) is 0 Å². The zero-order valence-electron chi connectivity index (χ0n) is 13.1. The fourth-order valence-electron chi connectivity index (χ4n) is 2.48. The Balaban J connectivity index is 1.99. The lowest BCUT2D eigenvalue weighted by molar-refractivity contribution is 0.551. The number of aromatic nitrogens is 1. The molecule has 0 spiro atoms. The Labute approximate surface area is 127 Å². The van der Waals surface area contributed by atoms with E-state index in [-0.39, 0.29) is 11.5 Å². The van der Waals surface area contributed by atoms with Crippen LogP contribution in [0.3, 0.4) is 0 Å². The third kappa shape index (κ3) is 4.68. The van der Waals surface area contributed by atoms with Crippen molar-refractivity contribution in [2.24, 2.45) is 5.92 Å². The molecule has 2 heterocycles. The van der Waals surface area contributed by atoms with E-state index in [1.165, 1.54) is 5.56 Å². The number of aryl methyl sites for hydroxylation is 1. The van der Waals surface area contributed by atoms with Gasteiger partial charge >= 0.3 is 0 Å². The predicted octanol–water partition coefficient (Wildman–Crippen LogP) is 1.37. The first kappa shape index (κ1) is 16.2. The average molecular weight is 311 g/mol. The zero-order chi connectivity index (χ0) is 15.5. The number of rotatable bonds is 5. The number of hydrogen-bond donors (Lipinski definition) is 1. The maximum absolute atomic E-state index is 11.5. The predicted molar refractivity (Wildman–Crippen MR) is 86.4 cm³/mol. The van der Waals surface area contributed by atoms with Crippen LogP contribution in [0.1, 0.15) is 25.0 Å². The molecule has 5 nitrogen and oxygen atoms in total. The minimum atomic E-state index is -2.84. The van der Waals surface area contributed by atoms with Gasteiger partial charge in [-0.2, -0.15) is 0 Å². The molecule has 2 rings (SSSR count). The highest BCUT2D eigenvalue weighted by molar-refractivity contribution is 7.91. The SMILES string of the molecule is Cc1cc(CNCC(C)C)cnc1N1CCS(=O)(=O)CC1. The van der Waals surface area contributed by atoms with E-state index >= 15 is 0 Å². The first-order chi connectivity index (χ1) is 9.87. The van der Waals surface area contributed by atoms with Crippen molar-refractivity contribution in [3.8, 4) is 0 Å². The third-order valence-corrected chi connectivity index (χ3v) is 5.24. The van der Waals surface area contributed by atoms with E-state index in [1.54, 1.807) is 0 Å². The van der Waals surface area contributed by atoms with Crippen molar-refractivity contribution in [2.45, 2.75) is 27.3 Å². The van der Waals surface area contributed by atoms with Crippen LogP contribution in [0, 0.1) is 12.8 Å². The number of hydrogen-bond acceptors (Lipinski definition) is 5. The van der Waals surface area contributed by atoms with Gasteiger partial charge < -0.3 is 10.2 Å². The van der Waals surface area contributed by atoms with Gasteiger partial charge in [0.25, 0.3) is 0 Å². The number of pyridine rings is 1. The molecule has 1 saturated heterocycles. The standard InChI is InChI=1S/C15H25N3O2S/c1-12(2)9-16-10-14-8-13(3)15(17-11-14)18-4-6-21(19,20)7-5-18/h8,11-12,16H,4-7,9-10H2,1-3H3. The van der Waals surface area contributed by atoms with Crippen LogP contribution in [0.4, 0.5) is 5.82 Å². The second kappa shape index (κ2) is 6.75. The minimum Gasteiger partial charge on any atom is -0.354 e. The van der Waals surface area contributed by atoms with Crippen molar-refractivity contribution in [1.82, 2.24) is 10.3 Å². The second-order valence-electron chi connectivity index (χ2n) is 6.15. The van der Waals surface area contributed by atoms with E-state index in [1.807, 2.05) is 13.1 Å². The summed E-state index contributed by atoms with van der Waals surface area (Å²) in [4.78, 5) is 6.61. The fraction of sp³-hybridized carbons (Fsp3) is 0.667. The molecule has 0 radical (unpaired) electrons. The Morgan fingerprint density at radius 3 is 2.57 bits per heavy atom. The molecule has 0 saturated carbocycles. The normalized spacial score (nSPS) is 18.2. The monoisotopic (exact) mass is 311 g/mol. The molecule has 1 aliphatic rings. The van der Waals surface area contributed by atoms with Gasteiger partial charge in [0.1, 0.15) is 5.82 Å². The molecule has 118 valence electrons. The van der Waals surface area contributed by atoms with Crippen LogP contribution >= 0.6 is 0 Å². The van der Waals surface area contributed by atoms with E-state index in [0.29, 0.717) is 19.0 Å². The quantitative estimate of drug-likeness (QED) is 0.890. The Bertz CT molecular complexity index is 571. The van der Waals surface area contributed by atoms with Crippen molar-refractivity contribution in [3.63, 3.8) is 0 Å². The van der Waals surface area contributed by atoms with Crippen LogP contribution in [0.5, 0.6) is 0 Å². The summed E-state index contributed by atoms with van der Waals surface area (Å²) < 4.78 is 23.0. The average Bonchev–Trinajstić information content (AvgIpc) is 2.39. The number of sulfone groups is 1. The summed E-state index contributed by atoms with van der Waals surface area (Å²) in [6, 6.07) is 2.14. The summed E-state index contributed by atoms with van der Waals surface area (Å²) in [6.07, 6.45) is 1.89. The maximum Gasteiger partial charge on any atom is 0.153 e. The molecule has 0 aromatic carbocycles. The Morgan fingerprint density at radius 2 is 2.00 bits per heavy atom. The van der Waals surface area contributed by atoms with Crippen LogP contribution in [0.15, 0.2) is 12.3 Å². The molecule has 0 atom stereocenters. The number of nitrogens with one attached hydrogen (secondary N) is 1. The van der Waals surface area contributed by atoms with Crippen molar-refractivity contribution in [1.29, 1.82) is 0 Å². The lowest BCUT2D eigenvalue weighted by atomic mass is 10.1. The fourth-order valence-corrected chi connectivity index (χ4v) is 3.68. The van der Waals surface area contributed by atoms with Crippen LogP contribution < -0.4 is 10.2 Å². The van der Waals surface area contributed by atoms with Gasteiger partial charge in [0.05, 0.1) is 11.5 Å². The van der Waals surface area contributed by atoms with Crippen LogP contribution in [0.25, 0.3) is 0 Å². The molecule has 1 aliphatic heterocycles. The van der Waals surface area contributed by atoms with E-state index in [4.69, 9.17) is 0 Å². The van der Waals surface area contributed by atoms with E-state index < -0.39 is 9.84 Å². The highest BCUT2D eigenvalue weighted by Crippen LogP contribution is 2.20. The lowest BCUT2D eigenvalue weighted by Gasteiger charge is -2.29. The zero-order valence-corrected chi connectivity index (χ0v) is 13.9. The van der Waals surface area contributed by atoms with Crippen molar-refractivity contribution in [3.05, 3.63) is 23.4 Å². The number of anilines is 1. The molecule has 0 amide bonds. The topological polar surface area (TPSA) is 62.3 Å². The smallest absolute Gasteiger partial charge is 0.153 e. The first-order valence-electron chi connectivity index (χ1n) is 7.49. The lowest BCUT2D eigenvalue weighted by Crippen LogP contribution is -2.41. The summed E-state index contributed by atoms with van der Waals surface area (Å²) >= 11 is 0. The van der Waals surface area contributed by atoms with E-state index in [9.17, 15) is 8.42 Å². The molecule has 0 bridgehead atoms. The molecule has 1 fully saturated rings. The molecule has 21 heavy (non-hydrogen) atoms. The van der Waals surface area contributed by atoms with Gasteiger partial charge in [0.2, 0.25) is 0 Å². The summed E-state index contributed by atoms with van der Waals surface area (Å²) in [5, 5.41) is 3.41. The molecule has 1 N–H and O–H groups in total. The molecular weight excluding hydrogens is 286 g/mol. The molecule has 6 heteroatoms. The molecule has 0 aliphatic carbocycles. The van der Waals surface area contributed by atoms with Crippen molar-refractivity contribution in [2.75, 3.05) is 36.0 Å². The van der Waals surface area contributed by atoms with Crippen LogP contribution in [-0.2, 0) is 16.4 Å². The van der Waals surface area contributed by atoms with Gasteiger partial charge in [-0.25, -0.2) is 13.4 Å².